The highest BCUT2D eigenvalue weighted by atomic mass is 32.2. The fourth-order valence-corrected chi connectivity index (χ4v) is 4.42. The standard InChI is InChI=1S/C26H42N2O5S/c1-18(2)15-21(19-9-11-20(32-6)12-10-19)24(30)27-13-8-14-34-17-22(25(31)33-7)28-23(29)16-26(3,4)5/h9-12,18,21-22H,8,13-17H2,1-7H3,(H,27,30)(H,28,29)/t21-,22+/m1/s1. The van der Waals surface area contributed by atoms with Gasteiger partial charge in [0.15, 0.2) is 0 Å². The van der Waals surface area contributed by atoms with Crippen molar-refractivity contribution in [3.8, 4) is 5.75 Å². The predicted octanol–water partition coefficient (Wildman–Crippen LogP) is 4.16. The number of hydrogen-bond donors (Lipinski definition) is 2. The molecule has 1 aromatic carbocycles. The number of carbonyl (C=O) groups excluding carboxylic acids is 3. The summed E-state index contributed by atoms with van der Waals surface area (Å²) in [5.41, 5.74) is 0.823. The summed E-state index contributed by atoms with van der Waals surface area (Å²) in [6.07, 6.45) is 1.86. The van der Waals surface area contributed by atoms with Gasteiger partial charge in [0.25, 0.3) is 0 Å². The summed E-state index contributed by atoms with van der Waals surface area (Å²) in [4.78, 5) is 37.1. The highest BCUT2D eigenvalue weighted by molar-refractivity contribution is 7.99. The maximum atomic E-state index is 12.9. The van der Waals surface area contributed by atoms with E-state index < -0.39 is 12.0 Å². The van der Waals surface area contributed by atoms with Crippen LogP contribution >= 0.6 is 11.8 Å². The van der Waals surface area contributed by atoms with Gasteiger partial charge in [-0.25, -0.2) is 4.79 Å². The van der Waals surface area contributed by atoms with Gasteiger partial charge in [-0.15, -0.1) is 0 Å². The fourth-order valence-electron chi connectivity index (χ4n) is 3.45. The molecule has 7 nitrogen and oxygen atoms in total. The van der Waals surface area contributed by atoms with Crippen molar-refractivity contribution in [2.75, 3.05) is 32.3 Å². The Morgan fingerprint density at radius 2 is 1.71 bits per heavy atom. The Kier molecular flexibility index (Phi) is 13.1. The minimum Gasteiger partial charge on any atom is -0.497 e. The first kappa shape index (κ1) is 29.8. The van der Waals surface area contributed by atoms with Crippen molar-refractivity contribution in [1.82, 2.24) is 10.6 Å². The Balaban J connectivity index is 2.50. The number of methoxy groups -OCH3 is 2. The molecule has 8 heteroatoms. The van der Waals surface area contributed by atoms with E-state index in [1.54, 1.807) is 18.9 Å². The molecule has 2 N–H and O–H groups in total. The number of rotatable bonds is 14. The third-order valence-corrected chi connectivity index (χ3v) is 6.25. The quantitative estimate of drug-likeness (QED) is 0.298. The van der Waals surface area contributed by atoms with E-state index in [0.717, 1.165) is 29.9 Å². The monoisotopic (exact) mass is 494 g/mol. The van der Waals surface area contributed by atoms with Crippen LogP contribution in [0, 0.1) is 11.3 Å². The molecule has 1 rings (SSSR count). The molecule has 0 aliphatic carbocycles. The molecular weight excluding hydrogens is 452 g/mol. The van der Waals surface area contributed by atoms with Crippen LogP contribution < -0.4 is 15.4 Å². The second-order valence-electron chi connectivity index (χ2n) is 10.1. The minimum absolute atomic E-state index is 0.0192. The number of nitrogens with one attached hydrogen (secondary N) is 2. The molecule has 2 amide bonds. The Labute approximate surface area is 209 Å². The topological polar surface area (TPSA) is 93.7 Å². The van der Waals surface area contributed by atoms with E-state index in [-0.39, 0.29) is 23.1 Å². The van der Waals surface area contributed by atoms with E-state index in [2.05, 4.69) is 24.5 Å². The van der Waals surface area contributed by atoms with Crippen LogP contribution in [0.25, 0.3) is 0 Å². The molecule has 0 saturated carbocycles. The summed E-state index contributed by atoms with van der Waals surface area (Å²) >= 11 is 1.56. The first-order chi connectivity index (χ1) is 16.0. The van der Waals surface area contributed by atoms with Gasteiger partial charge in [-0.2, -0.15) is 11.8 Å². The molecule has 0 bridgehead atoms. The highest BCUT2D eigenvalue weighted by Crippen LogP contribution is 2.26. The zero-order valence-electron chi connectivity index (χ0n) is 21.7. The maximum Gasteiger partial charge on any atom is 0.329 e. The number of thioether (sulfide) groups is 1. The van der Waals surface area contributed by atoms with E-state index >= 15 is 0 Å². The molecule has 192 valence electrons. The molecule has 0 unspecified atom stereocenters. The Morgan fingerprint density at radius 1 is 1.06 bits per heavy atom. The average molecular weight is 495 g/mol. The lowest BCUT2D eigenvalue weighted by molar-refractivity contribution is -0.144. The van der Waals surface area contributed by atoms with E-state index in [9.17, 15) is 14.4 Å². The number of benzene rings is 1. The molecule has 34 heavy (non-hydrogen) atoms. The van der Waals surface area contributed by atoms with Gasteiger partial charge < -0.3 is 20.1 Å². The van der Waals surface area contributed by atoms with Crippen molar-refractivity contribution in [2.45, 2.75) is 65.8 Å². The summed E-state index contributed by atoms with van der Waals surface area (Å²) in [7, 11) is 2.94. The van der Waals surface area contributed by atoms with Gasteiger partial charge >= 0.3 is 5.97 Å². The third-order valence-electron chi connectivity index (χ3n) is 5.10. The second-order valence-corrected chi connectivity index (χ2v) is 11.2. The number of hydrogen-bond acceptors (Lipinski definition) is 6. The van der Waals surface area contributed by atoms with Gasteiger partial charge in [-0.05, 0) is 47.6 Å². The summed E-state index contributed by atoms with van der Waals surface area (Å²) in [6, 6.07) is 6.98. The maximum absolute atomic E-state index is 12.9. The van der Waals surface area contributed by atoms with Crippen molar-refractivity contribution >= 4 is 29.5 Å². The molecule has 0 saturated heterocycles. The molecule has 0 aliphatic heterocycles. The van der Waals surface area contributed by atoms with Gasteiger partial charge in [0, 0.05) is 18.7 Å². The lowest BCUT2D eigenvalue weighted by atomic mass is 9.89. The normalized spacial score (nSPS) is 13.2. The highest BCUT2D eigenvalue weighted by Gasteiger charge is 2.24. The lowest BCUT2D eigenvalue weighted by Gasteiger charge is -2.21. The number of esters is 1. The van der Waals surface area contributed by atoms with Crippen molar-refractivity contribution < 1.29 is 23.9 Å². The fraction of sp³-hybridized carbons (Fsp3) is 0.654. The smallest absolute Gasteiger partial charge is 0.329 e. The summed E-state index contributed by atoms with van der Waals surface area (Å²) in [5, 5.41) is 5.83. The SMILES string of the molecule is COC(=O)[C@H](CSCCCNC(=O)[C@H](CC(C)C)c1ccc(OC)cc1)NC(=O)CC(C)(C)C. The zero-order chi connectivity index (χ0) is 25.7. The Morgan fingerprint density at radius 3 is 2.24 bits per heavy atom. The molecule has 0 radical (unpaired) electrons. The summed E-state index contributed by atoms with van der Waals surface area (Å²) in [5.74, 6) is 1.54. The van der Waals surface area contributed by atoms with Crippen molar-refractivity contribution in [3.63, 3.8) is 0 Å². The van der Waals surface area contributed by atoms with E-state index in [1.165, 1.54) is 7.11 Å². The van der Waals surface area contributed by atoms with Crippen LogP contribution in [0.1, 0.15) is 65.4 Å². The van der Waals surface area contributed by atoms with Crippen LogP contribution in [0.2, 0.25) is 0 Å². The number of carbonyl (C=O) groups is 3. The lowest BCUT2D eigenvalue weighted by Crippen LogP contribution is -2.44. The van der Waals surface area contributed by atoms with Gasteiger partial charge in [0.2, 0.25) is 11.8 Å². The molecule has 0 aromatic heterocycles. The van der Waals surface area contributed by atoms with Crippen molar-refractivity contribution in [1.29, 1.82) is 0 Å². The van der Waals surface area contributed by atoms with Gasteiger partial charge in [-0.1, -0.05) is 46.8 Å². The van der Waals surface area contributed by atoms with Crippen LogP contribution in [0.5, 0.6) is 5.75 Å². The average Bonchev–Trinajstić information content (AvgIpc) is 2.76. The zero-order valence-corrected chi connectivity index (χ0v) is 22.6. The van der Waals surface area contributed by atoms with Crippen LogP contribution in [0.15, 0.2) is 24.3 Å². The number of amides is 2. The third kappa shape index (κ3) is 11.8. The van der Waals surface area contributed by atoms with Crippen molar-refractivity contribution in [2.24, 2.45) is 11.3 Å². The summed E-state index contributed by atoms with van der Waals surface area (Å²) < 4.78 is 10.1. The largest absolute Gasteiger partial charge is 0.497 e. The first-order valence-electron chi connectivity index (χ1n) is 11.8. The molecule has 0 spiro atoms. The molecule has 1 aromatic rings. The van der Waals surface area contributed by atoms with Gasteiger partial charge in [0.1, 0.15) is 11.8 Å². The van der Waals surface area contributed by atoms with Crippen LogP contribution in [0.3, 0.4) is 0 Å². The van der Waals surface area contributed by atoms with Gasteiger partial charge in [0.05, 0.1) is 20.1 Å². The molecule has 2 atom stereocenters. The van der Waals surface area contributed by atoms with E-state index in [1.807, 2.05) is 45.0 Å². The Bertz CT molecular complexity index is 774. The predicted molar refractivity (Wildman–Crippen MR) is 138 cm³/mol. The number of ether oxygens (including phenoxy) is 2. The van der Waals surface area contributed by atoms with Crippen LogP contribution in [-0.4, -0.2) is 56.1 Å². The van der Waals surface area contributed by atoms with E-state index in [4.69, 9.17) is 9.47 Å². The summed E-state index contributed by atoms with van der Waals surface area (Å²) in [6.45, 7) is 10.7. The molecule has 0 heterocycles. The van der Waals surface area contributed by atoms with E-state index in [0.29, 0.717) is 24.6 Å². The van der Waals surface area contributed by atoms with Crippen molar-refractivity contribution in [3.05, 3.63) is 29.8 Å². The second kappa shape index (κ2) is 14.9. The van der Waals surface area contributed by atoms with Crippen LogP contribution in [0.4, 0.5) is 0 Å². The molecular formula is C26H42N2O5S. The Hall–Kier alpha value is -2.22. The minimum atomic E-state index is -0.676. The van der Waals surface area contributed by atoms with Crippen LogP contribution in [-0.2, 0) is 19.1 Å². The first-order valence-corrected chi connectivity index (χ1v) is 13.0. The van der Waals surface area contributed by atoms with Gasteiger partial charge in [-0.3, -0.25) is 9.59 Å². The molecule has 0 aliphatic rings. The molecule has 0 fully saturated rings.